The number of nitrogens with one attached hydrogen (secondary N) is 3. The Bertz CT molecular complexity index is 2620. The molecule has 23 atom stereocenters. The highest BCUT2D eigenvalue weighted by Crippen LogP contribution is 2.81. The maximum absolute atomic E-state index is 15.0. The van der Waals surface area contributed by atoms with E-state index >= 15 is 4.79 Å². The van der Waals surface area contributed by atoms with Crippen LogP contribution in [0.15, 0.2) is 6.20 Å². The molecule has 5 aliphatic heterocycles. The van der Waals surface area contributed by atoms with E-state index in [2.05, 4.69) is 26.3 Å². The Balaban J connectivity index is 0.842. The molecule has 1 spiro atoms. The van der Waals surface area contributed by atoms with Crippen LogP contribution in [-0.2, 0) is 79.8 Å². The highest BCUT2D eigenvalue weighted by atomic mass is 32.2. The van der Waals surface area contributed by atoms with Crippen molar-refractivity contribution in [2.45, 2.75) is 197 Å². The lowest BCUT2D eigenvalue weighted by Gasteiger charge is -2.65. The number of nitrogens with zero attached hydrogens (tertiary/aromatic N) is 3. The monoisotopic (exact) mass is 1080 g/mol. The van der Waals surface area contributed by atoms with E-state index in [1.807, 2.05) is 25.6 Å². The van der Waals surface area contributed by atoms with Gasteiger partial charge in [-0.2, -0.15) is 11.8 Å². The van der Waals surface area contributed by atoms with Gasteiger partial charge in [0.1, 0.15) is 48.4 Å². The number of epoxide rings is 2. The molecule has 3 amide bonds. The number of fused-ring (bicyclic) bond motifs is 10. The van der Waals surface area contributed by atoms with Crippen LogP contribution >= 0.6 is 11.8 Å². The lowest BCUT2D eigenvalue weighted by Crippen LogP contribution is -2.74. The zero-order valence-electron chi connectivity index (χ0n) is 44.0. The third-order valence-electron chi connectivity index (χ3n) is 20.1. The molecule has 0 bridgehead atoms. The third-order valence-corrected chi connectivity index (χ3v) is 21.6. The maximum Gasteiger partial charge on any atom is 0.341 e. The molecule has 0 radical (unpaired) electrons. The average molecular weight is 1080 g/mol. The van der Waals surface area contributed by atoms with E-state index in [9.17, 15) is 43.8 Å². The van der Waals surface area contributed by atoms with Gasteiger partial charge in [0.05, 0.1) is 36.3 Å². The SMILES string of the molecule is CC(=O)O[C@H]1[C@H]2[C@H]([C@@H]3[C@@H](OC(=O)CCCCn4cc(CNC(=O)CCCC[C@@H]5SC[C@@H]6NC(=O)N[C@@H]65)nn4)[C@@H]4[C@H]([C@H](C)[C@H]5O[C@]56OC(=O)[C@@](C)(O)[C@]46C)[C@@]3(C)[C@H]1OC(C)=O)[C@@H](O)C(=O)[C@H]1C[C@@H]3O[C@@H]3[C@H](OC(C)=O)[C@]21C. The van der Waals surface area contributed by atoms with Crippen LogP contribution in [0.25, 0.3) is 0 Å². The third kappa shape index (κ3) is 7.84. The second-order valence-electron chi connectivity index (χ2n) is 24.1. The van der Waals surface area contributed by atoms with Crippen LogP contribution in [0, 0.1) is 57.7 Å². The van der Waals surface area contributed by atoms with Gasteiger partial charge in [0.2, 0.25) is 11.7 Å². The van der Waals surface area contributed by atoms with Gasteiger partial charge in [0.15, 0.2) is 11.4 Å². The number of aliphatic hydroxyl groups is 2. The molecule has 0 aromatic carbocycles. The van der Waals surface area contributed by atoms with E-state index in [4.69, 9.17) is 33.2 Å². The Labute approximate surface area is 443 Å². The van der Waals surface area contributed by atoms with Crippen LogP contribution in [0.5, 0.6) is 0 Å². The second-order valence-corrected chi connectivity index (χ2v) is 25.4. The second kappa shape index (κ2) is 18.6. The number of hydrogen-bond donors (Lipinski definition) is 5. The molecule has 416 valence electrons. The van der Waals surface area contributed by atoms with E-state index in [0.29, 0.717) is 43.2 Å². The van der Waals surface area contributed by atoms with Crippen molar-refractivity contribution in [2.75, 3.05) is 5.75 Å². The van der Waals surface area contributed by atoms with Crippen molar-refractivity contribution in [1.82, 2.24) is 30.9 Å². The quantitative estimate of drug-likeness (QED) is 0.0514. The molecule has 5 saturated heterocycles. The Kier molecular flexibility index (Phi) is 13.0. The first kappa shape index (κ1) is 53.1. The number of aliphatic hydroxyl groups excluding tert-OH is 1. The van der Waals surface area contributed by atoms with Crippen LogP contribution in [0.2, 0.25) is 0 Å². The Hall–Kier alpha value is -4.91. The number of thioether (sulfide) groups is 1. The number of hydrogen-bond acceptors (Lipinski definition) is 20. The van der Waals surface area contributed by atoms with Crippen LogP contribution < -0.4 is 16.0 Å². The number of amides is 3. The van der Waals surface area contributed by atoms with Crippen molar-refractivity contribution in [1.29, 1.82) is 0 Å². The number of aryl methyl sites for hydroxylation is 1. The zero-order chi connectivity index (χ0) is 54.3. The molecular weight excluding hydrogens is 1010 g/mol. The molecule has 1 aromatic rings. The molecule has 1 aromatic heterocycles. The van der Waals surface area contributed by atoms with E-state index in [1.165, 1.54) is 27.7 Å². The minimum atomic E-state index is -2.24. The van der Waals surface area contributed by atoms with Crippen molar-refractivity contribution >= 4 is 59.3 Å². The fraction of sp³-hybridized carbons (Fsp3) is 0.808. The predicted molar refractivity (Wildman–Crippen MR) is 259 cm³/mol. The van der Waals surface area contributed by atoms with Crippen LogP contribution in [0.1, 0.15) is 112 Å². The maximum atomic E-state index is 15.0. The molecule has 5 aliphatic carbocycles. The summed E-state index contributed by atoms with van der Waals surface area (Å²) >= 11 is 1.84. The highest BCUT2D eigenvalue weighted by Gasteiger charge is 2.93. The van der Waals surface area contributed by atoms with Gasteiger partial charge >= 0.3 is 35.9 Å². The van der Waals surface area contributed by atoms with Gasteiger partial charge in [-0.25, -0.2) is 9.59 Å². The van der Waals surface area contributed by atoms with Crippen LogP contribution in [0.3, 0.4) is 0 Å². The van der Waals surface area contributed by atoms with E-state index in [1.54, 1.807) is 24.7 Å². The molecule has 6 heterocycles. The zero-order valence-corrected chi connectivity index (χ0v) is 44.8. The molecule has 76 heavy (non-hydrogen) atoms. The Morgan fingerprint density at radius 3 is 2.29 bits per heavy atom. The highest BCUT2D eigenvalue weighted by molar-refractivity contribution is 8.00. The normalized spacial score (nSPS) is 46.4. The number of Topliss-reactive ketones (excluding diaryl/α,β-unsaturated/α-hetero) is 1. The van der Waals surface area contributed by atoms with E-state index in [-0.39, 0.29) is 43.4 Å². The van der Waals surface area contributed by atoms with Gasteiger partial charge in [0, 0.05) is 91.6 Å². The number of ether oxygens (including phenoxy) is 7. The van der Waals surface area contributed by atoms with Crippen molar-refractivity contribution in [3.8, 4) is 0 Å². The smallest absolute Gasteiger partial charge is 0.341 e. The van der Waals surface area contributed by atoms with Crippen LogP contribution in [0.4, 0.5) is 4.79 Å². The molecule has 0 unspecified atom stereocenters. The summed E-state index contributed by atoms with van der Waals surface area (Å²) in [6.07, 6.45) is -3.35. The first-order chi connectivity index (χ1) is 35.9. The summed E-state index contributed by atoms with van der Waals surface area (Å²) in [6.45, 7) is 12.6. The average Bonchev–Trinajstić information content (AvgIpc) is 4.04. The van der Waals surface area contributed by atoms with Gasteiger partial charge in [0.25, 0.3) is 0 Å². The van der Waals surface area contributed by atoms with Crippen molar-refractivity contribution in [3.63, 3.8) is 0 Å². The predicted octanol–water partition coefficient (Wildman–Crippen LogP) is 1.41. The van der Waals surface area contributed by atoms with Gasteiger partial charge in [-0.3, -0.25) is 33.4 Å². The molecule has 23 nitrogen and oxygen atoms in total. The number of carbonyl (C=O) groups is 8. The fourth-order valence-corrected chi connectivity index (χ4v) is 18.4. The lowest BCUT2D eigenvalue weighted by atomic mass is 9.41. The molecule has 5 saturated carbocycles. The largest absolute Gasteiger partial charge is 0.462 e. The fourth-order valence-electron chi connectivity index (χ4n) is 16.8. The van der Waals surface area contributed by atoms with Gasteiger partial charge in [-0.05, 0) is 57.8 Å². The lowest BCUT2D eigenvalue weighted by molar-refractivity contribution is -0.273. The first-order valence-corrected chi connectivity index (χ1v) is 28.0. The molecule has 10 aliphatic rings. The summed E-state index contributed by atoms with van der Waals surface area (Å²) < 4.78 is 45.6. The number of aromatic nitrogens is 3. The van der Waals surface area contributed by atoms with Gasteiger partial charge in [-0.1, -0.05) is 32.4 Å². The standard InChI is InChI=1S/C52H70N6O17S/c1-21-33-36(50(7)51(8,68)46(66)75-52(50)43(21)74-52)41(73-31(63)15-11-12-16-58-19-25(56-57-58)18-53-30(62)14-10-9-13-29-37-27(20-76-29)54-47(67)55-37)34-32-35(42(69-22(2)59)45(49(33,34)6)71-24(4)61)48(5)26(38(64)39(32)65)17-28-40(72-28)44(48)70-23(3)60/h19,21,26-29,32-37,39-45,65,68H,9-18,20H2,1-8H3,(H,53,62)(H2,54,55,67)/t21-,26+,27-,28-,29-,32-,33-,34+,35+,36-,37-,39+,40-,41+,42-,43+,44-,45-,48-,49+,50-,51+,52-/m0/s1. The molecule has 11 rings (SSSR count). The number of carbonyl (C=O) groups excluding carboxylic acids is 8. The number of ketones is 1. The number of urea groups is 1. The summed E-state index contributed by atoms with van der Waals surface area (Å²) in [6, 6.07) is 0.167. The molecule has 10 fully saturated rings. The molecule has 24 heteroatoms. The van der Waals surface area contributed by atoms with Crippen LogP contribution in [-0.4, -0.2) is 156 Å². The Morgan fingerprint density at radius 1 is 0.868 bits per heavy atom. The molecule has 5 N–H and O–H groups in total. The van der Waals surface area contributed by atoms with E-state index in [0.717, 1.165) is 18.6 Å². The van der Waals surface area contributed by atoms with Gasteiger partial charge in [-0.15, -0.1) is 5.10 Å². The first-order valence-electron chi connectivity index (χ1n) is 27.0. The summed E-state index contributed by atoms with van der Waals surface area (Å²) in [5, 5.41) is 42.8. The minimum Gasteiger partial charge on any atom is -0.462 e. The summed E-state index contributed by atoms with van der Waals surface area (Å²) in [4.78, 5) is 108. The van der Waals surface area contributed by atoms with Crippen molar-refractivity contribution < 1.29 is 81.7 Å². The summed E-state index contributed by atoms with van der Waals surface area (Å²) in [7, 11) is 0. The van der Waals surface area contributed by atoms with Crippen molar-refractivity contribution in [3.05, 3.63) is 11.9 Å². The number of unbranched alkanes of at least 4 members (excludes halogenated alkanes) is 2. The van der Waals surface area contributed by atoms with Crippen molar-refractivity contribution in [2.24, 2.45) is 57.7 Å². The summed E-state index contributed by atoms with van der Waals surface area (Å²) in [5.41, 5.74) is -6.19. The summed E-state index contributed by atoms with van der Waals surface area (Å²) in [5.74, 6) is -11.9. The topological polar surface area (TPSA) is 315 Å². The van der Waals surface area contributed by atoms with E-state index < -0.39 is 154 Å². The number of rotatable bonds is 16. The Morgan fingerprint density at radius 2 is 1.57 bits per heavy atom. The molecular formula is C52H70N6O17S. The minimum absolute atomic E-state index is 0.106. The van der Waals surface area contributed by atoms with Gasteiger partial charge < -0.3 is 59.3 Å². The number of esters is 5.